The highest BCUT2D eigenvalue weighted by Gasteiger charge is 2.09. The molecule has 55 heavy (non-hydrogen) atoms. The zero-order valence-corrected chi connectivity index (χ0v) is 30.6. The van der Waals surface area contributed by atoms with Crippen molar-refractivity contribution in [2.24, 2.45) is 0 Å². The fourth-order valence-electron chi connectivity index (χ4n) is 6.84. The molecule has 0 amide bonds. The first-order chi connectivity index (χ1) is 27.1. The van der Waals surface area contributed by atoms with Crippen LogP contribution in [0, 0.1) is 5.41 Å². The fourth-order valence-corrected chi connectivity index (χ4v) is 6.84. The molecule has 0 unspecified atom stereocenters. The minimum atomic E-state index is 0.396. The average molecular weight is 709 g/mol. The predicted octanol–water partition coefficient (Wildman–Crippen LogP) is 13.0. The Morgan fingerprint density at radius 2 is 1.24 bits per heavy atom. The van der Waals surface area contributed by atoms with Gasteiger partial charge in [0.1, 0.15) is 0 Å². The van der Waals surface area contributed by atoms with Gasteiger partial charge in [-0.05, 0) is 92.5 Å². The van der Waals surface area contributed by atoms with Crippen LogP contribution in [-0.2, 0) is 0 Å². The first-order valence-corrected chi connectivity index (χ1v) is 18.5. The van der Waals surface area contributed by atoms with Gasteiger partial charge in [0.15, 0.2) is 0 Å². The van der Waals surface area contributed by atoms with Crippen LogP contribution in [-0.4, -0.2) is 10.7 Å². The number of para-hydroxylation sites is 1. The molecule has 0 saturated carbocycles. The van der Waals surface area contributed by atoms with Crippen LogP contribution in [0.25, 0.3) is 67.9 Å². The number of allylic oxidation sites excluding steroid dienone is 2. The minimum Gasteiger partial charge on any atom is -0.301 e. The number of benzene rings is 7. The second kappa shape index (κ2) is 16.2. The molecule has 3 N–H and O–H groups in total. The fraction of sp³-hybridized carbons (Fsp3) is 0.0196. The molecule has 8 rings (SSSR count). The normalized spacial score (nSPS) is 11.8. The summed E-state index contributed by atoms with van der Waals surface area (Å²) in [5, 5.41) is 12.7. The highest BCUT2D eigenvalue weighted by atomic mass is 15.4. The first-order valence-electron chi connectivity index (χ1n) is 18.5. The number of hydrogen-bond donors (Lipinski definition) is 3. The van der Waals surface area contributed by atoms with Gasteiger partial charge in [-0.3, -0.25) is 4.98 Å². The van der Waals surface area contributed by atoms with Crippen molar-refractivity contribution in [3.05, 3.63) is 216 Å². The van der Waals surface area contributed by atoms with E-state index in [2.05, 4.69) is 168 Å². The molecule has 0 fully saturated rings. The third-order valence-corrected chi connectivity index (χ3v) is 9.73. The maximum atomic E-state index is 9.20. The van der Waals surface area contributed by atoms with Gasteiger partial charge in [-0.2, -0.15) is 0 Å². The van der Waals surface area contributed by atoms with Crippen molar-refractivity contribution in [3.63, 3.8) is 0 Å². The molecule has 0 atom stereocenters. The molecular weight excluding hydrogens is 669 g/mol. The van der Waals surface area contributed by atoms with Crippen molar-refractivity contribution in [3.8, 4) is 22.3 Å². The van der Waals surface area contributed by atoms with E-state index in [4.69, 9.17) is 0 Å². The number of hydrazine groups is 1. The number of anilines is 1. The van der Waals surface area contributed by atoms with Crippen LogP contribution in [0.2, 0.25) is 0 Å². The smallest absolute Gasteiger partial charge is 0.0702 e. The number of fused-ring (bicyclic) bond motifs is 2. The van der Waals surface area contributed by atoms with E-state index in [1.54, 1.807) is 0 Å². The van der Waals surface area contributed by atoms with Crippen molar-refractivity contribution in [2.75, 3.05) is 5.43 Å². The molecule has 264 valence electrons. The first kappa shape index (κ1) is 34.8. The largest absolute Gasteiger partial charge is 0.301 e. The van der Waals surface area contributed by atoms with Crippen LogP contribution in [0.1, 0.15) is 34.7 Å². The van der Waals surface area contributed by atoms with Gasteiger partial charge in [0.05, 0.1) is 22.6 Å². The van der Waals surface area contributed by atoms with Gasteiger partial charge in [-0.15, -0.1) is 0 Å². The molecule has 0 aliphatic rings. The maximum absolute atomic E-state index is 9.20. The molecule has 8 aromatic rings. The zero-order chi connectivity index (χ0) is 37.4. The molecule has 4 nitrogen and oxygen atoms in total. The molecule has 4 heteroatoms. The molecule has 0 bridgehead atoms. The van der Waals surface area contributed by atoms with Crippen LogP contribution in [0.15, 0.2) is 188 Å². The topological polar surface area (TPSA) is 60.8 Å². The summed E-state index contributed by atoms with van der Waals surface area (Å²) in [5.74, 6) is 0. The lowest BCUT2D eigenvalue weighted by Gasteiger charge is -2.16. The van der Waals surface area contributed by atoms with Crippen LogP contribution in [0.5, 0.6) is 0 Å². The van der Waals surface area contributed by atoms with Crippen LogP contribution < -0.4 is 10.9 Å². The van der Waals surface area contributed by atoms with E-state index in [0.29, 0.717) is 5.71 Å². The van der Waals surface area contributed by atoms with Crippen molar-refractivity contribution >= 4 is 57.0 Å². The molecule has 0 aliphatic heterocycles. The SMILES string of the molecule is C/C=C\c1ccccc1/C=C/c1cccc(NN/C(=C\C(=N)c2ccc(-c3cccc4ccccc34)cc2)c2ccc(-c3cnc4ccccc4c3)cc2)c1. The predicted molar refractivity (Wildman–Crippen MR) is 235 cm³/mol. The third kappa shape index (κ3) is 8.04. The van der Waals surface area contributed by atoms with E-state index in [0.717, 1.165) is 61.2 Å². The van der Waals surface area contributed by atoms with Gasteiger partial charge in [0, 0.05) is 17.1 Å². The molecule has 0 radical (unpaired) electrons. The van der Waals surface area contributed by atoms with Crippen molar-refractivity contribution in [2.45, 2.75) is 6.92 Å². The van der Waals surface area contributed by atoms with Crippen molar-refractivity contribution < 1.29 is 0 Å². The highest BCUT2D eigenvalue weighted by molar-refractivity contribution is 6.10. The Labute approximate surface area is 322 Å². The van der Waals surface area contributed by atoms with Gasteiger partial charge >= 0.3 is 0 Å². The van der Waals surface area contributed by atoms with Gasteiger partial charge in [0.25, 0.3) is 0 Å². The Balaban J connectivity index is 1.07. The Kier molecular flexibility index (Phi) is 10.2. The molecular formula is C51H40N4. The van der Waals surface area contributed by atoms with Gasteiger partial charge in [-0.25, -0.2) is 0 Å². The quantitative estimate of drug-likeness (QED) is 0.0712. The van der Waals surface area contributed by atoms with Crippen LogP contribution in [0.3, 0.4) is 0 Å². The summed E-state index contributed by atoms with van der Waals surface area (Å²) in [5.41, 5.74) is 19.5. The Bertz CT molecular complexity index is 2710. The number of nitrogens with zero attached hydrogens (tertiary/aromatic N) is 1. The van der Waals surface area contributed by atoms with Gasteiger partial charge in [-0.1, -0.05) is 170 Å². The molecule has 1 heterocycles. The maximum Gasteiger partial charge on any atom is 0.0702 e. The van der Waals surface area contributed by atoms with E-state index in [-0.39, 0.29) is 0 Å². The van der Waals surface area contributed by atoms with Crippen molar-refractivity contribution in [1.82, 2.24) is 10.4 Å². The van der Waals surface area contributed by atoms with Gasteiger partial charge < -0.3 is 16.3 Å². The summed E-state index contributed by atoms with van der Waals surface area (Å²) < 4.78 is 0. The number of rotatable bonds is 11. The summed E-state index contributed by atoms with van der Waals surface area (Å²) in [6, 6.07) is 58.5. The lowest BCUT2D eigenvalue weighted by atomic mass is 9.96. The van der Waals surface area contributed by atoms with E-state index < -0.39 is 0 Å². The van der Waals surface area contributed by atoms with Crippen LogP contribution >= 0.6 is 0 Å². The number of pyridine rings is 1. The minimum absolute atomic E-state index is 0.396. The summed E-state index contributed by atoms with van der Waals surface area (Å²) in [6.45, 7) is 2.03. The van der Waals surface area contributed by atoms with Gasteiger partial charge in [0.2, 0.25) is 0 Å². The second-order valence-electron chi connectivity index (χ2n) is 13.4. The van der Waals surface area contributed by atoms with Crippen molar-refractivity contribution in [1.29, 1.82) is 5.41 Å². The van der Waals surface area contributed by atoms with E-state index >= 15 is 0 Å². The highest BCUT2D eigenvalue weighted by Crippen LogP contribution is 2.30. The summed E-state index contributed by atoms with van der Waals surface area (Å²) >= 11 is 0. The number of hydrogen-bond acceptors (Lipinski definition) is 4. The lowest BCUT2D eigenvalue weighted by Crippen LogP contribution is -2.21. The monoisotopic (exact) mass is 708 g/mol. The Morgan fingerprint density at radius 3 is 2.05 bits per heavy atom. The van der Waals surface area contributed by atoms with Crippen LogP contribution in [0.4, 0.5) is 5.69 Å². The molecule has 1 aromatic heterocycles. The summed E-state index contributed by atoms with van der Waals surface area (Å²) in [6.07, 6.45) is 12.3. The second-order valence-corrected chi connectivity index (χ2v) is 13.4. The molecule has 0 saturated heterocycles. The Hall–Kier alpha value is -7.30. The van der Waals surface area contributed by atoms with E-state index in [1.807, 2.05) is 61.7 Å². The Morgan fingerprint density at radius 1 is 0.564 bits per heavy atom. The lowest BCUT2D eigenvalue weighted by molar-refractivity contribution is 1.08. The average Bonchev–Trinajstić information content (AvgIpc) is 3.25. The molecule has 7 aromatic carbocycles. The summed E-state index contributed by atoms with van der Waals surface area (Å²) in [7, 11) is 0. The third-order valence-electron chi connectivity index (χ3n) is 9.73. The van der Waals surface area contributed by atoms with E-state index in [1.165, 1.54) is 21.9 Å². The standard InChI is InChI=1S/C51H40N4/c1-2-11-37-13-3-4-14-38(37)23-22-36-12-9-18-46(32-36)54-55-51(43-30-24-39(25-31-43)45-33-44-16-6-8-21-50(44)53-35-45)34-49(52)42-28-26-41(27-29-42)48-20-10-17-40-15-5-7-19-47(40)48/h2-35,52,54-55H,1H3/b11-2-,23-22+,51-34-,52-49?. The number of nitrogens with one attached hydrogen (secondary N) is 3. The van der Waals surface area contributed by atoms with E-state index in [9.17, 15) is 5.41 Å². The zero-order valence-electron chi connectivity index (χ0n) is 30.6. The molecule has 0 aliphatic carbocycles. The number of aromatic nitrogens is 1. The summed E-state index contributed by atoms with van der Waals surface area (Å²) in [4.78, 5) is 4.67. The molecule has 0 spiro atoms.